The first kappa shape index (κ1) is 27.5. The van der Waals surface area contributed by atoms with E-state index in [4.69, 9.17) is 28.2 Å². The van der Waals surface area contributed by atoms with Gasteiger partial charge in [0.05, 0.1) is 18.3 Å². The average molecular weight is 542 g/mol. The van der Waals surface area contributed by atoms with Crippen LogP contribution in [-0.2, 0) is 25.4 Å². The van der Waals surface area contributed by atoms with Crippen LogP contribution >= 0.6 is 0 Å². The molecule has 2 fully saturated rings. The third kappa shape index (κ3) is 5.15. The van der Waals surface area contributed by atoms with Crippen molar-refractivity contribution in [3.63, 3.8) is 0 Å². The molecule has 208 valence electrons. The second-order valence-electron chi connectivity index (χ2n) is 11.1. The minimum absolute atomic E-state index is 0.0154. The largest absolute Gasteiger partial charge is 0.495 e. The zero-order valence-corrected chi connectivity index (χ0v) is 23.0. The molecule has 0 radical (unpaired) electrons. The lowest BCUT2D eigenvalue weighted by molar-refractivity contribution is -0.146. The summed E-state index contributed by atoms with van der Waals surface area (Å²) in [6.07, 6.45) is 1.45. The van der Waals surface area contributed by atoms with Crippen LogP contribution < -0.4 is 10.2 Å². The van der Waals surface area contributed by atoms with Crippen LogP contribution in [0, 0.1) is 6.92 Å². The van der Waals surface area contributed by atoms with E-state index in [9.17, 15) is 13.6 Å². The van der Waals surface area contributed by atoms with Crippen molar-refractivity contribution in [3.8, 4) is 17.2 Å². The van der Waals surface area contributed by atoms with E-state index >= 15 is 0 Å². The van der Waals surface area contributed by atoms with Crippen LogP contribution in [0.3, 0.4) is 0 Å². The molecule has 0 spiro atoms. The first-order valence-corrected chi connectivity index (χ1v) is 13.1. The molecule has 2 saturated heterocycles. The van der Waals surface area contributed by atoms with Gasteiger partial charge in [0.25, 0.3) is 0 Å². The summed E-state index contributed by atoms with van der Waals surface area (Å²) in [6.45, 7) is 7.80. The molecule has 0 N–H and O–H groups in total. The molecule has 3 aromatic rings. The number of aromatic nitrogens is 1. The number of methoxy groups -OCH3 is 1. The van der Waals surface area contributed by atoms with Gasteiger partial charge in [-0.3, -0.25) is 9.69 Å². The Morgan fingerprint density at radius 3 is 2.59 bits per heavy atom. The molecule has 0 aliphatic carbocycles. The summed E-state index contributed by atoms with van der Waals surface area (Å²) >= 11 is 0. The normalized spacial score (nSPS) is 20.7. The number of oxazole rings is 1. The van der Waals surface area contributed by atoms with Crippen molar-refractivity contribution in [3.05, 3.63) is 41.5 Å². The van der Waals surface area contributed by atoms with Crippen LogP contribution in [0.1, 0.15) is 51.7 Å². The van der Waals surface area contributed by atoms with Gasteiger partial charge in [-0.1, -0.05) is 12.1 Å². The number of alkyl halides is 2. The number of likely N-dealkylation sites (tertiary alicyclic amines) is 1. The number of carbonyl (C=O) groups excluding carboxylic acids is 1. The highest BCUT2D eigenvalue weighted by molar-refractivity contribution is 6.62. The monoisotopic (exact) mass is 542 g/mol. The number of carbonyl (C=O) groups is 1. The molecule has 1 aromatic heterocycles. The van der Waals surface area contributed by atoms with Crippen molar-refractivity contribution in [1.82, 2.24) is 9.88 Å². The number of halogens is 2. The van der Waals surface area contributed by atoms with E-state index in [1.54, 1.807) is 6.07 Å². The van der Waals surface area contributed by atoms with Crippen molar-refractivity contribution in [2.24, 2.45) is 0 Å². The summed E-state index contributed by atoms with van der Waals surface area (Å²) < 4.78 is 55.0. The average Bonchev–Trinajstić information content (AvgIpc) is 3.54. The predicted molar refractivity (Wildman–Crippen MR) is 142 cm³/mol. The van der Waals surface area contributed by atoms with E-state index in [0.29, 0.717) is 35.5 Å². The third-order valence-electron chi connectivity index (χ3n) is 8.11. The molecule has 5 rings (SSSR count). The number of fused-ring (bicyclic) bond motifs is 1. The van der Waals surface area contributed by atoms with Crippen molar-refractivity contribution in [1.29, 1.82) is 0 Å². The Hall–Kier alpha value is -3.02. The van der Waals surface area contributed by atoms with Crippen LogP contribution in [0.2, 0.25) is 0 Å². The Morgan fingerprint density at radius 2 is 1.92 bits per heavy atom. The molecule has 0 saturated carbocycles. The topological polar surface area (TPSA) is 83.3 Å². The number of hydrogen-bond acceptors (Lipinski definition) is 8. The van der Waals surface area contributed by atoms with Gasteiger partial charge in [-0.05, 0) is 77.2 Å². The summed E-state index contributed by atoms with van der Waals surface area (Å²) in [5.74, 6) is -0.0148. The highest BCUT2D eigenvalue weighted by Gasteiger charge is 2.52. The summed E-state index contributed by atoms with van der Waals surface area (Å²) in [4.78, 5) is 18.8. The number of rotatable bonds is 7. The fourth-order valence-corrected chi connectivity index (χ4v) is 5.19. The van der Waals surface area contributed by atoms with E-state index < -0.39 is 31.0 Å². The molecule has 8 nitrogen and oxygen atoms in total. The lowest BCUT2D eigenvalue weighted by Crippen LogP contribution is -2.41. The Morgan fingerprint density at radius 1 is 1.21 bits per heavy atom. The van der Waals surface area contributed by atoms with E-state index in [-0.39, 0.29) is 18.3 Å². The van der Waals surface area contributed by atoms with Crippen LogP contribution in [0.15, 0.2) is 34.7 Å². The van der Waals surface area contributed by atoms with Gasteiger partial charge in [-0.2, -0.15) is 8.78 Å². The van der Waals surface area contributed by atoms with Crippen molar-refractivity contribution >= 4 is 29.7 Å². The van der Waals surface area contributed by atoms with Gasteiger partial charge < -0.3 is 23.2 Å². The molecule has 0 bridgehead atoms. The van der Waals surface area contributed by atoms with Crippen molar-refractivity contribution < 1.29 is 36.8 Å². The Bertz CT molecular complexity index is 1380. The molecular formula is C28H33BF2N2O6. The standard InChI is InChI=1S/C28H33BF2N2O6/c1-16-18(9-7-10-19(16)29-38-27(2,3)28(4,5)39-29)24-32-20-13-17(22(37-26(30)31)14-23(20)36-24)15-33-12-8-11-21(33)25(34)35-6/h7,9-10,13-14,21,26H,8,11-12,15H2,1-6H3. The molecule has 2 aliphatic heterocycles. The van der Waals surface area contributed by atoms with Crippen LogP contribution in [0.4, 0.5) is 8.78 Å². The maximum absolute atomic E-state index is 13.3. The van der Waals surface area contributed by atoms with E-state index in [1.165, 1.54) is 13.2 Å². The van der Waals surface area contributed by atoms with Crippen molar-refractivity contribution in [2.75, 3.05) is 13.7 Å². The SMILES string of the molecule is COC(=O)C1CCCN1Cc1cc2nc(-c3cccc(B4OC(C)(C)C(C)(C)O4)c3C)oc2cc1OC(F)F. The Balaban J connectivity index is 1.50. The maximum Gasteiger partial charge on any atom is 0.495 e. The third-order valence-corrected chi connectivity index (χ3v) is 8.11. The second-order valence-corrected chi connectivity index (χ2v) is 11.1. The molecular weight excluding hydrogens is 509 g/mol. The van der Waals surface area contributed by atoms with Gasteiger partial charge in [-0.15, -0.1) is 0 Å². The summed E-state index contributed by atoms with van der Waals surface area (Å²) in [5, 5.41) is 0. The van der Waals surface area contributed by atoms with Gasteiger partial charge in [0.2, 0.25) is 5.89 Å². The van der Waals surface area contributed by atoms with E-state index in [0.717, 1.165) is 23.0 Å². The highest BCUT2D eigenvalue weighted by atomic mass is 19.3. The summed E-state index contributed by atoms with van der Waals surface area (Å²) in [7, 11) is 0.789. The van der Waals surface area contributed by atoms with Gasteiger partial charge in [-0.25, -0.2) is 4.98 Å². The number of nitrogens with zero attached hydrogens (tertiary/aromatic N) is 2. The first-order chi connectivity index (χ1) is 18.4. The predicted octanol–water partition coefficient (Wildman–Crippen LogP) is 4.84. The first-order valence-electron chi connectivity index (χ1n) is 13.1. The highest BCUT2D eigenvalue weighted by Crippen LogP contribution is 2.38. The quantitative estimate of drug-likeness (QED) is 0.310. The zero-order valence-electron chi connectivity index (χ0n) is 23.0. The second kappa shape index (κ2) is 10.2. The molecule has 0 amide bonds. The van der Waals surface area contributed by atoms with Crippen molar-refractivity contribution in [2.45, 2.75) is 77.9 Å². The van der Waals surface area contributed by atoms with E-state index in [1.807, 2.05) is 57.7 Å². The zero-order chi connectivity index (χ0) is 28.1. The molecule has 39 heavy (non-hydrogen) atoms. The lowest BCUT2D eigenvalue weighted by atomic mass is 9.75. The maximum atomic E-state index is 13.3. The van der Waals surface area contributed by atoms with Gasteiger partial charge in [0, 0.05) is 23.7 Å². The molecule has 11 heteroatoms. The van der Waals surface area contributed by atoms with Gasteiger partial charge >= 0.3 is 19.7 Å². The van der Waals surface area contributed by atoms with Crippen LogP contribution in [0.25, 0.3) is 22.6 Å². The molecule has 3 heterocycles. The van der Waals surface area contributed by atoms with Crippen LogP contribution in [0.5, 0.6) is 5.75 Å². The molecule has 1 unspecified atom stereocenters. The molecule has 2 aromatic carbocycles. The lowest BCUT2D eigenvalue weighted by Gasteiger charge is -2.32. The van der Waals surface area contributed by atoms with E-state index in [2.05, 4.69) is 0 Å². The van der Waals surface area contributed by atoms with Gasteiger partial charge in [0.1, 0.15) is 17.3 Å². The fraction of sp³-hybridized carbons (Fsp3) is 0.500. The number of ether oxygens (including phenoxy) is 2. The molecule has 2 aliphatic rings. The number of hydrogen-bond donors (Lipinski definition) is 0. The number of benzene rings is 2. The molecule has 1 atom stereocenters. The summed E-state index contributed by atoms with van der Waals surface area (Å²) in [5.41, 5.74) is 2.80. The number of esters is 1. The Labute approximate surface area is 226 Å². The fourth-order valence-electron chi connectivity index (χ4n) is 5.19. The minimum Gasteiger partial charge on any atom is -0.468 e. The Kier molecular flexibility index (Phi) is 7.19. The summed E-state index contributed by atoms with van der Waals surface area (Å²) in [6, 6.07) is 8.40. The van der Waals surface area contributed by atoms with Crippen LogP contribution in [-0.4, -0.2) is 60.5 Å². The minimum atomic E-state index is -3.02. The smallest absolute Gasteiger partial charge is 0.468 e. The van der Waals surface area contributed by atoms with Gasteiger partial charge in [0.15, 0.2) is 5.58 Å².